The van der Waals surface area contributed by atoms with Crippen LogP contribution in [0.4, 0.5) is 5.69 Å². The summed E-state index contributed by atoms with van der Waals surface area (Å²) in [5.74, 6) is 0. The highest BCUT2D eigenvalue weighted by Gasteiger charge is 2.11. The molecule has 2 aromatic rings. The second-order valence-corrected chi connectivity index (χ2v) is 4.21. The second-order valence-electron chi connectivity index (χ2n) is 4.21. The SMILES string of the molecule is Cc1ccn(C(C)c2ccccc2)c(=O)c1N. The van der Waals surface area contributed by atoms with Gasteiger partial charge in [-0.25, -0.2) is 0 Å². The summed E-state index contributed by atoms with van der Waals surface area (Å²) in [4.78, 5) is 12.0. The van der Waals surface area contributed by atoms with Crippen molar-refractivity contribution in [3.8, 4) is 0 Å². The first kappa shape index (κ1) is 11.5. The van der Waals surface area contributed by atoms with Crippen molar-refractivity contribution >= 4 is 5.69 Å². The van der Waals surface area contributed by atoms with Crippen molar-refractivity contribution in [3.05, 3.63) is 64.1 Å². The number of hydrogen-bond donors (Lipinski definition) is 1. The van der Waals surface area contributed by atoms with Gasteiger partial charge in [0.25, 0.3) is 5.56 Å². The third kappa shape index (κ3) is 2.09. The monoisotopic (exact) mass is 228 g/mol. The molecule has 0 aliphatic heterocycles. The van der Waals surface area contributed by atoms with Gasteiger partial charge >= 0.3 is 0 Å². The van der Waals surface area contributed by atoms with Crippen molar-refractivity contribution in [1.82, 2.24) is 4.57 Å². The molecule has 0 aliphatic carbocycles. The molecule has 3 nitrogen and oxygen atoms in total. The maximum atomic E-state index is 12.0. The molecule has 0 fully saturated rings. The van der Waals surface area contributed by atoms with Crippen molar-refractivity contribution < 1.29 is 0 Å². The Kier molecular flexibility index (Phi) is 3.00. The maximum Gasteiger partial charge on any atom is 0.274 e. The van der Waals surface area contributed by atoms with E-state index in [9.17, 15) is 4.79 Å². The molecule has 1 heterocycles. The van der Waals surface area contributed by atoms with Crippen LogP contribution < -0.4 is 11.3 Å². The average molecular weight is 228 g/mol. The first-order chi connectivity index (χ1) is 8.11. The summed E-state index contributed by atoms with van der Waals surface area (Å²) in [6.45, 7) is 3.83. The number of benzene rings is 1. The number of aryl methyl sites for hydroxylation is 1. The molecule has 0 spiro atoms. The zero-order valence-corrected chi connectivity index (χ0v) is 10.1. The van der Waals surface area contributed by atoms with Gasteiger partial charge in [-0.15, -0.1) is 0 Å². The molecule has 1 unspecified atom stereocenters. The van der Waals surface area contributed by atoms with Gasteiger partial charge in [0, 0.05) is 6.20 Å². The van der Waals surface area contributed by atoms with Gasteiger partial charge in [-0.3, -0.25) is 4.79 Å². The van der Waals surface area contributed by atoms with Crippen LogP contribution in [0.3, 0.4) is 0 Å². The van der Waals surface area contributed by atoms with Crippen LogP contribution in [0.2, 0.25) is 0 Å². The van der Waals surface area contributed by atoms with Crippen LogP contribution in [-0.4, -0.2) is 4.57 Å². The van der Waals surface area contributed by atoms with Gasteiger partial charge in [0.15, 0.2) is 0 Å². The van der Waals surface area contributed by atoms with E-state index in [0.29, 0.717) is 5.69 Å². The Labute approximate surface area is 101 Å². The fraction of sp³-hybridized carbons (Fsp3) is 0.214. The Morgan fingerprint density at radius 3 is 2.47 bits per heavy atom. The molecular formula is C14H16N2O. The van der Waals surface area contributed by atoms with E-state index in [1.165, 1.54) is 0 Å². The van der Waals surface area contributed by atoms with Crippen molar-refractivity contribution in [2.75, 3.05) is 5.73 Å². The largest absolute Gasteiger partial charge is 0.394 e. The Bertz CT molecular complexity index is 573. The highest BCUT2D eigenvalue weighted by atomic mass is 16.1. The lowest BCUT2D eigenvalue weighted by Crippen LogP contribution is -2.26. The molecule has 88 valence electrons. The highest BCUT2D eigenvalue weighted by molar-refractivity contribution is 5.43. The molecule has 1 atom stereocenters. The number of anilines is 1. The number of nitrogens with zero attached hydrogens (tertiary/aromatic N) is 1. The second kappa shape index (κ2) is 4.45. The molecule has 1 aromatic carbocycles. The summed E-state index contributed by atoms with van der Waals surface area (Å²) in [5.41, 5.74) is 7.89. The van der Waals surface area contributed by atoms with Gasteiger partial charge in [0.05, 0.1) is 6.04 Å². The quantitative estimate of drug-likeness (QED) is 0.857. The molecule has 0 radical (unpaired) electrons. The number of nitrogens with two attached hydrogens (primary N) is 1. The van der Waals surface area contributed by atoms with Crippen LogP contribution in [-0.2, 0) is 0 Å². The lowest BCUT2D eigenvalue weighted by atomic mass is 10.1. The summed E-state index contributed by atoms with van der Waals surface area (Å²) in [6, 6.07) is 11.8. The lowest BCUT2D eigenvalue weighted by Gasteiger charge is -2.16. The van der Waals surface area contributed by atoms with E-state index in [0.717, 1.165) is 11.1 Å². The molecule has 0 bridgehead atoms. The normalized spacial score (nSPS) is 12.4. The number of pyridine rings is 1. The molecule has 0 saturated carbocycles. The summed E-state index contributed by atoms with van der Waals surface area (Å²) in [6.07, 6.45) is 1.80. The van der Waals surface area contributed by atoms with E-state index in [1.807, 2.05) is 50.2 Å². The molecule has 1 aromatic heterocycles. The Hall–Kier alpha value is -2.03. The van der Waals surface area contributed by atoms with E-state index in [4.69, 9.17) is 5.73 Å². The van der Waals surface area contributed by atoms with Crippen LogP contribution in [0.15, 0.2) is 47.4 Å². The third-order valence-corrected chi connectivity index (χ3v) is 3.07. The van der Waals surface area contributed by atoms with Crippen molar-refractivity contribution in [1.29, 1.82) is 0 Å². The lowest BCUT2D eigenvalue weighted by molar-refractivity contribution is 0.615. The molecular weight excluding hydrogens is 212 g/mol. The van der Waals surface area contributed by atoms with E-state index >= 15 is 0 Å². The molecule has 0 saturated heterocycles. The van der Waals surface area contributed by atoms with Crippen molar-refractivity contribution in [3.63, 3.8) is 0 Å². The van der Waals surface area contributed by atoms with Gasteiger partial charge in [0.1, 0.15) is 5.69 Å². The fourth-order valence-electron chi connectivity index (χ4n) is 1.85. The van der Waals surface area contributed by atoms with Crippen LogP contribution >= 0.6 is 0 Å². The van der Waals surface area contributed by atoms with E-state index in [-0.39, 0.29) is 11.6 Å². The first-order valence-electron chi connectivity index (χ1n) is 5.63. The minimum Gasteiger partial charge on any atom is -0.394 e. The van der Waals surface area contributed by atoms with Gasteiger partial charge in [0.2, 0.25) is 0 Å². The van der Waals surface area contributed by atoms with Gasteiger partial charge in [-0.1, -0.05) is 30.3 Å². The summed E-state index contributed by atoms with van der Waals surface area (Å²) >= 11 is 0. The number of nitrogen functional groups attached to an aromatic ring is 1. The Morgan fingerprint density at radius 2 is 1.82 bits per heavy atom. The first-order valence-corrected chi connectivity index (χ1v) is 5.63. The Balaban J connectivity index is 2.49. The van der Waals surface area contributed by atoms with Gasteiger partial charge < -0.3 is 10.3 Å². The molecule has 2 rings (SSSR count). The molecule has 17 heavy (non-hydrogen) atoms. The number of hydrogen-bond acceptors (Lipinski definition) is 2. The zero-order valence-electron chi connectivity index (χ0n) is 10.1. The average Bonchev–Trinajstić information content (AvgIpc) is 2.36. The molecule has 2 N–H and O–H groups in total. The minimum absolute atomic E-state index is 0.00778. The van der Waals surface area contributed by atoms with E-state index < -0.39 is 0 Å². The molecule has 0 amide bonds. The van der Waals surface area contributed by atoms with Crippen molar-refractivity contribution in [2.24, 2.45) is 0 Å². The third-order valence-electron chi connectivity index (χ3n) is 3.07. The smallest absolute Gasteiger partial charge is 0.274 e. The van der Waals surface area contributed by atoms with Crippen LogP contribution in [0.1, 0.15) is 24.1 Å². The maximum absolute atomic E-state index is 12.0. The minimum atomic E-state index is -0.124. The number of rotatable bonds is 2. The Morgan fingerprint density at radius 1 is 1.18 bits per heavy atom. The van der Waals surface area contributed by atoms with Crippen LogP contribution in [0.5, 0.6) is 0 Å². The van der Waals surface area contributed by atoms with E-state index in [2.05, 4.69) is 0 Å². The molecule has 3 heteroatoms. The van der Waals surface area contributed by atoms with Gasteiger partial charge in [-0.2, -0.15) is 0 Å². The summed E-state index contributed by atoms with van der Waals surface area (Å²) in [7, 11) is 0. The van der Waals surface area contributed by atoms with E-state index in [1.54, 1.807) is 10.8 Å². The predicted molar refractivity (Wildman–Crippen MR) is 70.1 cm³/mol. The summed E-state index contributed by atoms with van der Waals surface area (Å²) < 4.78 is 1.66. The van der Waals surface area contributed by atoms with Gasteiger partial charge in [-0.05, 0) is 31.0 Å². The topological polar surface area (TPSA) is 48.0 Å². The molecule has 0 aliphatic rings. The van der Waals surface area contributed by atoms with Crippen molar-refractivity contribution in [2.45, 2.75) is 19.9 Å². The summed E-state index contributed by atoms with van der Waals surface area (Å²) in [5, 5.41) is 0. The number of aromatic nitrogens is 1. The van der Waals surface area contributed by atoms with Crippen LogP contribution in [0.25, 0.3) is 0 Å². The zero-order chi connectivity index (χ0) is 12.4. The van der Waals surface area contributed by atoms with Crippen LogP contribution in [0, 0.1) is 6.92 Å². The fourth-order valence-corrected chi connectivity index (χ4v) is 1.85. The highest BCUT2D eigenvalue weighted by Crippen LogP contribution is 2.16. The predicted octanol–water partition coefficient (Wildman–Crippen LogP) is 2.35. The standard InChI is InChI=1S/C14H16N2O/c1-10-8-9-16(14(17)13(10)15)11(2)12-6-4-3-5-7-12/h3-9,11H,15H2,1-2H3.